The lowest BCUT2D eigenvalue weighted by Crippen LogP contribution is -2.06. The summed E-state index contributed by atoms with van der Waals surface area (Å²) in [6, 6.07) is 3.52. The molecule has 0 amide bonds. The van der Waals surface area contributed by atoms with E-state index in [0.29, 0.717) is 5.56 Å². The average Bonchev–Trinajstić information content (AvgIpc) is 2.81. The zero-order valence-electron chi connectivity index (χ0n) is 9.43. The minimum absolute atomic E-state index is 0.0833. The second-order valence-corrected chi connectivity index (χ2v) is 3.51. The number of hydrogen-bond donors (Lipinski definition) is 0. The Balaban J connectivity index is 2.16. The number of aromatic nitrogens is 3. The van der Waals surface area contributed by atoms with Gasteiger partial charge in [0, 0.05) is 0 Å². The standard InChI is InChI=1S/C11H9F2N3O2/c1-18-11(17)10-14-6-16(15-10)5-7-2-3-8(12)9(13)4-7/h2-4,6H,5H2,1H3. The molecule has 7 heteroatoms. The molecule has 0 aliphatic carbocycles. The number of benzene rings is 1. The monoisotopic (exact) mass is 253 g/mol. The van der Waals surface area contributed by atoms with Crippen LogP contribution in [0.5, 0.6) is 0 Å². The summed E-state index contributed by atoms with van der Waals surface area (Å²) < 4.78 is 31.5. The fraction of sp³-hybridized carbons (Fsp3) is 0.182. The topological polar surface area (TPSA) is 57.0 Å². The summed E-state index contributed by atoms with van der Waals surface area (Å²) in [5, 5.41) is 3.84. The van der Waals surface area contributed by atoms with E-state index in [4.69, 9.17) is 0 Å². The summed E-state index contributed by atoms with van der Waals surface area (Å²) >= 11 is 0. The van der Waals surface area contributed by atoms with Crippen molar-refractivity contribution in [3.8, 4) is 0 Å². The van der Waals surface area contributed by atoms with Crippen LogP contribution in [-0.4, -0.2) is 27.8 Å². The highest BCUT2D eigenvalue weighted by Gasteiger charge is 2.11. The van der Waals surface area contributed by atoms with E-state index in [1.165, 1.54) is 24.2 Å². The molecule has 0 bridgehead atoms. The first-order chi connectivity index (χ1) is 8.60. The minimum Gasteiger partial charge on any atom is -0.463 e. The van der Waals surface area contributed by atoms with Crippen LogP contribution in [0.15, 0.2) is 24.5 Å². The summed E-state index contributed by atoms with van der Waals surface area (Å²) in [7, 11) is 1.22. The molecule has 0 saturated heterocycles. The maximum Gasteiger partial charge on any atom is 0.377 e. The first kappa shape index (κ1) is 12.2. The number of carbonyl (C=O) groups excluding carboxylic acids is 1. The lowest BCUT2D eigenvalue weighted by molar-refractivity contribution is 0.0586. The van der Waals surface area contributed by atoms with Crippen LogP contribution in [0.4, 0.5) is 8.78 Å². The van der Waals surface area contributed by atoms with E-state index in [0.717, 1.165) is 12.1 Å². The second kappa shape index (κ2) is 4.91. The third kappa shape index (κ3) is 2.50. The van der Waals surface area contributed by atoms with E-state index in [1.807, 2.05) is 0 Å². The van der Waals surface area contributed by atoms with Crippen molar-refractivity contribution in [2.24, 2.45) is 0 Å². The Kier molecular flexibility index (Phi) is 3.31. The van der Waals surface area contributed by atoms with Crippen molar-refractivity contribution in [3.63, 3.8) is 0 Å². The number of rotatable bonds is 3. The highest BCUT2D eigenvalue weighted by Crippen LogP contribution is 2.09. The van der Waals surface area contributed by atoms with Crippen LogP contribution in [-0.2, 0) is 11.3 Å². The number of hydrogen-bond acceptors (Lipinski definition) is 4. The Morgan fingerprint density at radius 3 is 2.83 bits per heavy atom. The smallest absolute Gasteiger partial charge is 0.377 e. The second-order valence-electron chi connectivity index (χ2n) is 3.51. The van der Waals surface area contributed by atoms with Crippen LogP contribution in [0.1, 0.15) is 16.2 Å². The van der Waals surface area contributed by atoms with Gasteiger partial charge in [-0.3, -0.25) is 0 Å². The zero-order chi connectivity index (χ0) is 13.1. The van der Waals surface area contributed by atoms with Crippen LogP contribution in [0.2, 0.25) is 0 Å². The number of nitrogens with zero attached hydrogens (tertiary/aromatic N) is 3. The fourth-order valence-corrected chi connectivity index (χ4v) is 1.38. The van der Waals surface area contributed by atoms with Gasteiger partial charge < -0.3 is 4.74 Å². The van der Waals surface area contributed by atoms with E-state index < -0.39 is 17.6 Å². The van der Waals surface area contributed by atoms with E-state index in [9.17, 15) is 13.6 Å². The van der Waals surface area contributed by atoms with E-state index in [2.05, 4.69) is 14.8 Å². The van der Waals surface area contributed by atoms with E-state index >= 15 is 0 Å². The van der Waals surface area contributed by atoms with Crippen molar-refractivity contribution in [1.82, 2.24) is 14.8 Å². The van der Waals surface area contributed by atoms with Crippen molar-refractivity contribution in [3.05, 3.63) is 47.5 Å². The number of halogens is 2. The normalized spacial score (nSPS) is 10.4. The third-order valence-electron chi connectivity index (χ3n) is 2.23. The molecule has 5 nitrogen and oxygen atoms in total. The van der Waals surface area contributed by atoms with Crippen LogP contribution in [0.3, 0.4) is 0 Å². The highest BCUT2D eigenvalue weighted by molar-refractivity contribution is 5.84. The van der Waals surface area contributed by atoms with Gasteiger partial charge in [-0.05, 0) is 17.7 Å². The van der Waals surface area contributed by atoms with Crippen LogP contribution in [0.25, 0.3) is 0 Å². The summed E-state index contributed by atoms with van der Waals surface area (Å²) in [6.45, 7) is 0.182. The molecule has 1 aromatic heterocycles. The van der Waals surface area contributed by atoms with Gasteiger partial charge >= 0.3 is 5.97 Å². The summed E-state index contributed by atoms with van der Waals surface area (Å²) in [6.07, 6.45) is 1.31. The molecular formula is C11H9F2N3O2. The van der Waals surface area contributed by atoms with Gasteiger partial charge in [0.15, 0.2) is 11.6 Å². The minimum atomic E-state index is -0.930. The molecule has 0 aliphatic heterocycles. The molecule has 0 spiro atoms. The third-order valence-corrected chi connectivity index (χ3v) is 2.23. The molecule has 0 atom stereocenters. The quantitative estimate of drug-likeness (QED) is 0.776. The van der Waals surface area contributed by atoms with Crippen molar-refractivity contribution in [1.29, 1.82) is 0 Å². The molecule has 1 heterocycles. The Morgan fingerprint density at radius 2 is 2.17 bits per heavy atom. The zero-order valence-corrected chi connectivity index (χ0v) is 9.43. The van der Waals surface area contributed by atoms with Gasteiger partial charge in [-0.2, -0.15) is 0 Å². The average molecular weight is 253 g/mol. The van der Waals surface area contributed by atoms with Gasteiger partial charge in [0.2, 0.25) is 0 Å². The Morgan fingerprint density at radius 1 is 1.39 bits per heavy atom. The molecule has 0 aliphatic rings. The van der Waals surface area contributed by atoms with Crippen LogP contribution >= 0.6 is 0 Å². The summed E-state index contributed by atoms with van der Waals surface area (Å²) in [4.78, 5) is 14.8. The molecule has 0 saturated carbocycles. The van der Waals surface area contributed by atoms with Crippen LogP contribution in [0, 0.1) is 11.6 Å². The SMILES string of the molecule is COC(=O)c1ncn(Cc2ccc(F)c(F)c2)n1. The largest absolute Gasteiger partial charge is 0.463 e. The summed E-state index contributed by atoms with van der Waals surface area (Å²) in [5.41, 5.74) is 0.509. The van der Waals surface area contributed by atoms with Gasteiger partial charge in [-0.15, -0.1) is 5.10 Å². The van der Waals surface area contributed by atoms with Crippen molar-refractivity contribution in [2.75, 3.05) is 7.11 Å². The first-order valence-electron chi connectivity index (χ1n) is 5.02. The Labute approximate surface area is 101 Å². The van der Waals surface area contributed by atoms with Gasteiger partial charge in [0.25, 0.3) is 5.82 Å². The summed E-state index contributed by atoms with van der Waals surface area (Å²) in [5.74, 6) is -2.58. The molecular weight excluding hydrogens is 244 g/mol. The molecule has 2 rings (SSSR count). The number of carbonyl (C=O) groups is 1. The van der Waals surface area contributed by atoms with Gasteiger partial charge in [-0.1, -0.05) is 6.07 Å². The predicted octanol–water partition coefficient (Wildman–Crippen LogP) is 1.39. The van der Waals surface area contributed by atoms with Gasteiger partial charge in [0.1, 0.15) is 6.33 Å². The number of ether oxygens (including phenoxy) is 1. The van der Waals surface area contributed by atoms with Gasteiger partial charge in [0.05, 0.1) is 13.7 Å². The molecule has 1 aromatic carbocycles. The predicted molar refractivity (Wildman–Crippen MR) is 56.8 cm³/mol. The number of esters is 1. The molecule has 0 N–H and O–H groups in total. The Bertz CT molecular complexity index is 583. The fourth-order valence-electron chi connectivity index (χ4n) is 1.38. The van der Waals surface area contributed by atoms with Crippen molar-refractivity contribution < 1.29 is 18.3 Å². The lowest BCUT2D eigenvalue weighted by atomic mass is 10.2. The molecule has 2 aromatic rings. The highest BCUT2D eigenvalue weighted by atomic mass is 19.2. The lowest BCUT2D eigenvalue weighted by Gasteiger charge is -2.01. The van der Waals surface area contributed by atoms with E-state index in [-0.39, 0.29) is 12.4 Å². The first-order valence-corrected chi connectivity index (χ1v) is 5.02. The molecule has 0 unspecified atom stereocenters. The number of methoxy groups -OCH3 is 1. The van der Waals surface area contributed by atoms with Crippen LogP contribution < -0.4 is 0 Å². The maximum atomic E-state index is 13.0. The molecule has 18 heavy (non-hydrogen) atoms. The molecule has 94 valence electrons. The molecule has 0 radical (unpaired) electrons. The van der Waals surface area contributed by atoms with Gasteiger partial charge in [-0.25, -0.2) is 23.2 Å². The molecule has 0 fully saturated rings. The maximum absolute atomic E-state index is 13.0. The van der Waals surface area contributed by atoms with E-state index in [1.54, 1.807) is 0 Å². The van der Waals surface area contributed by atoms with Crippen molar-refractivity contribution >= 4 is 5.97 Å². The van der Waals surface area contributed by atoms with Crippen molar-refractivity contribution in [2.45, 2.75) is 6.54 Å². The Hall–Kier alpha value is -2.31.